The minimum atomic E-state index is -0.197. The molecule has 1 aliphatic rings. The van der Waals surface area contributed by atoms with Crippen molar-refractivity contribution in [3.8, 4) is 11.5 Å². The third kappa shape index (κ3) is 6.98. The third-order valence-electron chi connectivity index (χ3n) is 5.42. The van der Waals surface area contributed by atoms with E-state index in [1.54, 1.807) is 18.2 Å². The van der Waals surface area contributed by atoms with Crippen LogP contribution in [0.5, 0.6) is 11.5 Å². The fourth-order valence-corrected chi connectivity index (χ4v) is 4.96. The molecule has 3 aromatic carbocycles. The van der Waals surface area contributed by atoms with Crippen LogP contribution in [0, 0.1) is 6.92 Å². The number of amidine groups is 1. The van der Waals surface area contributed by atoms with E-state index < -0.39 is 0 Å². The summed E-state index contributed by atoms with van der Waals surface area (Å²) in [5, 5.41) is 4.47. The Hall–Kier alpha value is -3.19. The zero-order valence-corrected chi connectivity index (χ0v) is 22.8. The molecule has 8 heteroatoms. The molecule has 190 valence electrons. The number of carbonyl (C=O) groups excluding carboxylic acids is 1. The number of aliphatic imine (C=N–C) groups is 1. The molecule has 1 fully saturated rings. The fourth-order valence-electron chi connectivity index (χ4n) is 3.66. The van der Waals surface area contributed by atoms with Crippen molar-refractivity contribution in [2.75, 3.05) is 6.61 Å². The molecule has 37 heavy (non-hydrogen) atoms. The summed E-state index contributed by atoms with van der Waals surface area (Å²) < 4.78 is 12.1. The molecule has 0 unspecified atom stereocenters. The van der Waals surface area contributed by atoms with Crippen LogP contribution < -0.4 is 14.8 Å². The van der Waals surface area contributed by atoms with Crippen molar-refractivity contribution in [3.63, 3.8) is 0 Å². The molecule has 1 heterocycles. The standard InChI is InChI=1S/C29H26Cl2N2O3S/c1-4-6-20-13-19(15-26-28(34)33-29(37-26)32-23-11-7-18(3)8-12-23)14-25(35-5-2)27(20)36-17-21-9-10-22(30)16-24(21)31/h4,7-16H,1,5-6,17H2,2-3H3,(H,32,33,34)/b26-15+. The van der Waals surface area contributed by atoms with E-state index in [9.17, 15) is 4.79 Å². The molecule has 0 radical (unpaired) electrons. The van der Waals surface area contributed by atoms with E-state index in [1.807, 2.05) is 62.4 Å². The fraction of sp³-hybridized carbons (Fsp3) is 0.172. The number of benzene rings is 3. The highest BCUT2D eigenvalue weighted by molar-refractivity contribution is 8.18. The van der Waals surface area contributed by atoms with Gasteiger partial charge in [0.2, 0.25) is 0 Å². The number of carbonyl (C=O) groups is 1. The number of ether oxygens (including phenoxy) is 2. The lowest BCUT2D eigenvalue weighted by Crippen LogP contribution is -2.19. The van der Waals surface area contributed by atoms with Gasteiger partial charge < -0.3 is 14.8 Å². The van der Waals surface area contributed by atoms with Crippen molar-refractivity contribution in [3.05, 3.63) is 104 Å². The molecule has 0 spiro atoms. The summed E-state index contributed by atoms with van der Waals surface area (Å²) in [7, 11) is 0. The van der Waals surface area contributed by atoms with E-state index in [1.165, 1.54) is 11.8 Å². The highest BCUT2D eigenvalue weighted by atomic mass is 35.5. The molecule has 1 amide bonds. The summed E-state index contributed by atoms with van der Waals surface area (Å²) in [4.78, 5) is 17.7. The van der Waals surface area contributed by atoms with E-state index in [0.29, 0.717) is 44.6 Å². The minimum Gasteiger partial charge on any atom is -0.490 e. The van der Waals surface area contributed by atoms with Gasteiger partial charge in [-0.15, -0.1) is 6.58 Å². The second kappa shape index (κ2) is 12.4. The first-order valence-corrected chi connectivity index (χ1v) is 13.3. The van der Waals surface area contributed by atoms with Crippen LogP contribution in [0.15, 0.2) is 77.1 Å². The van der Waals surface area contributed by atoms with Gasteiger partial charge >= 0.3 is 0 Å². The van der Waals surface area contributed by atoms with Crippen LogP contribution in [0.2, 0.25) is 10.0 Å². The summed E-state index contributed by atoms with van der Waals surface area (Å²) in [5.74, 6) is 0.993. The summed E-state index contributed by atoms with van der Waals surface area (Å²) in [6.45, 7) is 8.51. The van der Waals surface area contributed by atoms with Crippen LogP contribution in [-0.4, -0.2) is 17.7 Å². The summed E-state index contributed by atoms with van der Waals surface area (Å²) in [5.41, 5.74) is 4.44. The molecule has 4 rings (SSSR count). The number of hydrogen-bond acceptors (Lipinski definition) is 5. The van der Waals surface area contributed by atoms with Crippen molar-refractivity contribution in [1.82, 2.24) is 5.32 Å². The van der Waals surface area contributed by atoms with Gasteiger partial charge in [0, 0.05) is 21.2 Å². The highest BCUT2D eigenvalue weighted by Gasteiger charge is 2.24. The molecular weight excluding hydrogens is 527 g/mol. The predicted octanol–water partition coefficient (Wildman–Crippen LogP) is 7.90. The molecule has 1 N–H and O–H groups in total. The zero-order chi connectivity index (χ0) is 26.4. The Kier molecular flexibility index (Phi) is 8.98. The van der Waals surface area contributed by atoms with Crippen molar-refractivity contribution < 1.29 is 14.3 Å². The normalized spacial score (nSPS) is 15.2. The van der Waals surface area contributed by atoms with Crippen molar-refractivity contribution in [1.29, 1.82) is 0 Å². The van der Waals surface area contributed by atoms with E-state index in [2.05, 4.69) is 16.9 Å². The predicted molar refractivity (Wildman–Crippen MR) is 154 cm³/mol. The number of halogens is 2. The van der Waals surface area contributed by atoms with Crippen LogP contribution in [0.1, 0.15) is 29.2 Å². The van der Waals surface area contributed by atoms with Crippen molar-refractivity contribution in [2.24, 2.45) is 4.99 Å². The van der Waals surface area contributed by atoms with Crippen LogP contribution in [0.25, 0.3) is 6.08 Å². The Balaban J connectivity index is 1.62. The average Bonchev–Trinajstić information content (AvgIpc) is 3.19. The first-order chi connectivity index (χ1) is 17.9. The van der Waals surface area contributed by atoms with Gasteiger partial charge in [0.05, 0.1) is 17.2 Å². The van der Waals surface area contributed by atoms with Crippen LogP contribution in [-0.2, 0) is 17.8 Å². The van der Waals surface area contributed by atoms with Gasteiger partial charge in [0.15, 0.2) is 16.7 Å². The number of amides is 1. The molecule has 1 saturated heterocycles. The molecule has 1 aliphatic heterocycles. The average molecular weight is 554 g/mol. The second-order valence-electron chi connectivity index (χ2n) is 8.27. The summed E-state index contributed by atoms with van der Waals surface area (Å²) in [6.07, 6.45) is 4.18. The van der Waals surface area contributed by atoms with Crippen LogP contribution >= 0.6 is 35.0 Å². The van der Waals surface area contributed by atoms with Gasteiger partial charge in [-0.05, 0) is 80.1 Å². The number of thioether (sulfide) groups is 1. The molecule has 5 nitrogen and oxygen atoms in total. The number of rotatable bonds is 9. The van der Waals surface area contributed by atoms with E-state index in [4.69, 9.17) is 32.7 Å². The van der Waals surface area contributed by atoms with Gasteiger partial charge in [0.1, 0.15) is 6.61 Å². The Bertz CT molecular complexity index is 1380. The molecule has 3 aromatic rings. The number of aryl methyl sites for hydroxylation is 1. The minimum absolute atomic E-state index is 0.197. The molecule has 0 aromatic heterocycles. The second-order valence-corrected chi connectivity index (χ2v) is 10.1. The maximum atomic E-state index is 12.7. The Morgan fingerprint density at radius 2 is 1.84 bits per heavy atom. The largest absolute Gasteiger partial charge is 0.490 e. The first-order valence-electron chi connectivity index (χ1n) is 11.7. The molecule has 0 bridgehead atoms. The van der Waals surface area contributed by atoms with E-state index in [0.717, 1.165) is 27.9 Å². The lowest BCUT2D eigenvalue weighted by molar-refractivity contribution is -0.115. The molecule has 0 atom stereocenters. The highest BCUT2D eigenvalue weighted by Crippen LogP contribution is 2.37. The van der Waals surface area contributed by atoms with Crippen molar-refractivity contribution >= 4 is 57.8 Å². The Morgan fingerprint density at radius 3 is 2.54 bits per heavy atom. The smallest absolute Gasteiger partial charge is 0.264 e. The van der Waals surface area contributed by atoms with Gasteiger partial charge in [-0.25, -0.2) is 4.99 Å². The molecule has 0 saturated carbocycles. The first kappa shape index (κ1) is 26.9. The topological polar surface area (TPSA) is 59.9 Å². The van der Waals surface area contributed by atoms with Gasteiger partial charge in [0.25, 0.3) is 5.91 Å². The third-order valence-corrected chi connectivity index (χ3v) is 6.92. The van der Waals surface area contributed by atoms with Gasteiger partial charge in [-0.1, -0.05) is 53.0 Å². The Morgan fingerprint density at radius 1 is 1.05 bits per heavy atom. The number of allylic oxidation sites excluding steroid dienone is 1. The maximum absolute atomic E-state index is 12.7. The molecular formula is C29H26Cl2N2O3S. The lowest BCUT2D eigenvalue weighted by Gasteiger charge is -2.17. The summed E-state index contributed by atoms with van der Waals surface area (Å²) >= 11 is 13.7. The zero-order valence-electron chi connectivity index (χ0n) is 20.5. The quantitative estimate of drug-likeness (QED) is 0.216. The number of hydrogen-bond donors (Lipinski definition) is 1. The summed E-state index contributed by atoms with van der Waals surface area (Å²) in [6, 6.07) is 16.9. The monoisotopic (exact) mass is 552 g/mol. The maximum Gasteiger partial charge on any atom is 0.264 e. The van der Waals surface area contributed by atoms with Crippen LogP contribution in [0.4, 0.5) is 5.69 Å². The number of nitrogens with one attached hydrogen (secondary N) is 1. The lowest BCUT2D eigenvalue weighted by atomic mass is 10.0. The Labute approximate surface area is 231 Å². The SMILES string of the molecule is C=CCc1cc(/C=C2/SC(=Nc3ccc(C)cc3)NC2=O)cc(OCC)c1OCc1ccc(Cl)cc1Cl. The number of nitrogens with zero attached hydrogens (tertiary/aromatic N) is 1. The van der Waals surface area contributed by atoms with Gasteiger partial charge in [-0.2, -0.15) is 0 Å². The van der Waals surface area contributed by atoms with Crippen LogP contribution in [0.3, 0.4) is 0 Å². The van der Waals surface area contributed by atoms with Gasteiger partial charge in [-0.3, -0.25) is 4.79 Å². The van der Waals surface area contributed by atoms with E-state index >= 15 is 0 Å². The van der Waals surface area contributed by atoms with E-state index in [-0.39, 0.29) is 12.5 Å². The van der Waals surface area contributed by atoms with Crippen molar-refractivity contribution in [2.45, 2.75) is 26.9 Å². The molecule has 0 aliphatic carbocycles.